The first-order valence-corrected chi connectivity index (χ1v) is 8.33. The number of aryl methyl sites for hydroxylation is 4. The first-order valence-electron chi connectivity index (χ1n) is 8.33. The number of carbonyl (C=O) groups is 1. The minimum Gasteiger partial charge on any atom is -0.349 e. The van der Waals surface area contributed by atoms with E-state index < -0.39 is 0 Å². The third kappa shape index (κ3) is 4.44. The van der Waals surface area contributed by atoms with Gasteiger partial charge in [0.1, 0.15) is 0 Å². The fourth-order valence-electron chi connectivity index (χ4n) is 2.96. The third-order valence-corrected chi connectivity index (χ3v) is 4.48. The fraction of sp³-hybridized carbons (Fsp3) is 0.381. The van der Waals surface area contributed by atoms with Crippen LogP contribution >= 0.6 is 0 Å². The predicted molar refractivity (Wildman–Crippen MR) is 96.7 cm³/mol. The molecule has 0 heterocycles. The van der Waals surface area contributed by atoms with E-state index in [9.17, 15) is 4.79 Å². The lowest BCUT2D eigenvalue weighted by Crippen LogP contribution is -2.30. The largest absolute Gasteiger partial charge is 0.349 e. The summed E-state index contributed by atoms with van der Waals surface area (Å²) in [7, 11) is 0. The van der Waals surface area contributed by atoms with E-state index in [1.54, 1.807) is 0 Å². The predicted octanol–water partition coefficient (Wildman–Crippen LogP) is 4.73. The van der Waals surface area contributed by atoms with Gasteiger partial charge in [-0.05, 0) is 61.9 Å². The highest BCUT2D eigenvalue weighted by Gasteiger charge is 2.15. The molecule has 2 rings (SSSR count). The second-order valence-corrected chi connectivity index (χ2v) is 6.48. The molecule has 1 amide bonds. The summed E-state index contributed by atoms with van der Waals surface area (Å²) in [5, 5.41) is 3.19. The molecule has 0 aliphatic carbocycles. The van der Waals surface area contributed by atoms with Crippen molar-refractivity contribution >= 4 is 5.91 Å². The van der Waals surface area contributed by atoms with E-state index >= 15 is 0 Å². The molecule has 0 fully saturated rings. The molecule has 0 saturated carbocycles. The molecule has 0 bridgehead atoms. The van der Waals surface area contributed by atoms with Crippen molar-refractivity contribution in [3.8, 4) is 0 Å². The van der Waals surface area contributed by atoms with Gasteiger partial charge in [0.2, 0.25) is 5.91 Å². The van der Waals surface area contributed by atoms with Crippen LogP contribution in [0.25, 0.3) is 0 Å². The maximum atomic E-state index is 12.4. The van der Waals surface area contributed by atoms with Crippen LogP contribution in [0.4, 0.5) is 0 Å². The van der Waals surface area contributed by atoms with Crippen molar-refractivity contribution in [1.82, 2.24) is 5.32 Å². The van der Waals surface area contributed by atoms with Crippen molar-refractivity contribution in [2.45, 2.75) is 53.5 Å². The molecule has 1 atom stereocenters. The Balaban J connectivity index is 2.08. The molecule has 0 spiro atoms. The van der Waals surface area contributed by atoms with Gasteiger partial charge in [0.05, 0.1) is 12.5 Å². The number of hydrogen-bond acceptors (Lipinski definition) is 1. The summed E-state index contributed by atoms with van der Waals surface area (Å²) < 4.78 is 0. The molecule has 2 nitrogen and oxygen atoms in total. The summed E-state index contributed by atoms with van der Waals surface area (Å²) >= 11 is 0. The van der Waals surface area contributed by atoms with E-state index in [-0.39, 0.29) is 11.9 Å². The molecule has 23 heavy (non-hydrogen) atoms. The number of hydrogen-bond donors (Lipinski definition) is 1. The molecular weight excluding hydrogens is 282 g/mol. The lowest BCUT2D eigenvalue weighted by Gasteiger charge is -2.20. The zero-order chi connectivity index (χ0) is 17.0. The lowest BCUT2D eigenvalue weighted by atomic mass is 9.97. The summed E-state index contributed by atoms with van der Waals surface area (Å²) in [6, 6.07) is 12.7. The van der Waals surface area contributed by atoms with Gasteiger partial charge in [-0.15, -0.1) is 0 Å². The summed E-state index contributed by atoms with van der Waals surface area (Å²) in [6.45, 7) is 10.5. The zero-order valence-corrected chi connectivity index (χ0v) is 14.9. The van der Waals surface area contributed by atoms with Crippen molar-refractivity contribution in [2.75, 3.05) is 0 Å². The molecule has 2 aromatic carbocycles. The van der Waals surface area contributed by atoms with Gasteiger partial charge in [0.15, 0.2) is 0 Å². The average Bonchev–Trinajstić information content (AvgIpc) is 2.49. The van der Waals surface area contributed by atoms with E-state index in [0.29, 0.717) is 6.42 Å². The van der Waals surface area contributed by atoms with Crippen LogP contribution < -0.4 is 5.32 Å². The van der Waals surface area contributed by atoms with Crippen LogP contribution in [0.5, 0.6) is 0 Å². The Labute approximate surface area is 139 Å². The standard InChI is InChI=1S/C21H27NO/c1-6-20(19-10-7-14(2)11-17(19)5)22-21(23)13-18-9-8-15(3)16(4)12-18/h7-12,20H,6,13H2,1-5H3,(H,22,23)/t20-/m0/s1. The Morgan fingerprint density at radius 3 is 2.30 bits per heavy atom. The third-order valence-electron chi connectivity index (χ3n) is 4.48. The Kier molecular flexibility index (Phi) is 5.59. The minimum absolute atomic E-state index is 0.0784. The van der Waals surface area contributed by atoms with E-state index in [0.717, 1.165) is 12.0 Å². The molecule has 0 aromatic heterocycles. The van der Waals surface area contributed by atoms with Crippen molar-refractivity contribution in [1.29, 1.82) is 0 Å². The van der Waals surface area contributed by atoms with Gasteiger partial charge in [0, 0.05) is 0 Å². The highest BCUT2D eigenvalue weighted by molar-refractivity contribution is 5.79. The monoisotopic (exact) mass is 309 g/mol. The van der Waals surface area contributed by atoms with Crippen molar-refractivity contribution in [3.05, 3.63) is 69.8 Å². The number of nitrogens with one attached hydrogen (secondary N) is 1. The molecule has 0 saturated heterocycles. The lowest BCUT2D eigenvalue weighted by molar-refractivity contribution is -0.121. The van der Waals surface area contributed by atoms with Crippen molar-refractivity contribution in [2.24, 2.45) is 0 Å². The van der Waals surface area contributed by atoms with E-state index in [4.69, 9.17) is 0 Å². The molecule has 0 aliphatic heterocycles. The second kappa shape index (κ2) is 7.45. The normalized spacial score (nSPS) is 12.0. The molecule has 122 valence electrons. The first kappa shape index (κ1) is 17.3. The zero-order valence-electron chi connectivity index (χ0n) is 14.9. The first-order chi connectivity index (χ1) is 10.9. The van der Waals surface area contributed by atoms with Gasteiger partial charge in [0.25, 0.3) is 0 Å². The Bertz CT molecular complexity index is 703. The topological polar surface area (TPSA) is 29.1 Å². The van der Waals surface area contributed by atoms with E-state index in [2.05, 4.69) is 70.3 Å². The van der Waals surface area contributed by atoms with Crippen LogP contribution in [0.2, 0.25) is 0 Å². The van der Waals surface area contributed by atoms with Gasteiger partial charge in [-0.3, -0.25) is 4.79 Å². The summed E-state index contributed by atoms with van der Waals surface area (Å²) in [6.07, 6.45) is 1.32. The molecule has 1 N–H and O–H groups in total. The molecule has 0 radical (unpaired) electrons. The molecule has 0 aliphatic rings. The van der Waals surface area contributed by atoms with Crippen LogP contribution in [-0.4, -0.2) is 5.91 Å². The number of carbonyl (C=O) groups excluding carboxylic acids is 1. The van der Waals surface area contributed by atoms with Crippen LogP contribution in [0.3, 0.4) is 0 Å². The van der Waals surface area contributed by atoms with E-state index in [1.807, 2.05) is 6.07 Å². The average molecular weight is 309 g/mol. The van der Waals surface area contributed by atoms with Crippen LogP contribution in [0, 0.1) is 27.7 Å². The Morgan fingerprint density at radius 2 is 1.70 bits per heavy atom. The maximum Gasteiger partial charge on any atom is 0.224 e. The van der Waals surface area contributed by atoms with E-state index in [1.165, 1.54) is 27.8 Å². The van der Waals surface area contributed by atoms with Gasteiger partial charge in [-0.1, -0.05) is 48.9 Å². The van der Waals surface area contributed by atoms with Crippen LogP contribution in [0.1, 0.15) is 52.8 Å². The fourth-order valence-corrected chi connectivity index (χ4v) is 2.96. The minimum atomic E-state index is 0.0784. The summed E-state index contributed by atoms with van der Waals surface area (Å²) in [4.78, 5) is 12.4. The molecular formula is C21H27NO. The quantitative estimate of drug-likeness (QED) is 0.850. The smallest absolute Gasteiger partial charge is 0.224 e. The van der Waals surface area contributed by atoms with Crippen LogP contribution in [0.15, 0.2) is 36.4 Å². The Morgan fingerprint density at radius 1 is 0.957 bits per heavy atom. The highest BCUT2D eigenvalue weighted by Crippen LogP contribution is 2.22. The van der Waals surface area contributed by atoms with Crippen molar-refractivity contribution in [3.63, 3.8) is 0 Å². The number of rotatable bonds is 5. The molecule has 2 aromatic rings. The molecule has 2 heteroatoms. The second-order valence-electron chi connectivity index (χ2n) is 6.48. The van der Waals surface area contributed by atoms with Gasteiger partial charge in [-0.2, -0.15) is 0 Å². The van der Waals surface area contributed by atoms with Gasteiger partial charge in [-0.25, -0.2) is 0 Å². The van der Waals surface area contributed by atoms with Crippen LogP contribution in [-0.2, 0) is 11.2 Å². The van der Waals surface area contributed by atoms with Crippen molar-refractivity contribution < 1.29 is 4.79 Å². The number of benzene rings is 2. The summed E-state index contributed by atoms with van der Waals surface area (Å²) in [5.74, 6) is 0.0834. The highest BCUT2D eigenvalue weighted by atomic mass is 16.1. The maximum absolute atomic E-state index is 12.4. The number of amides is 1. The van der Waals surface area contributed by atoms with Gasteiger partial charge >= 0.3 is 0 Å². The Hall–Kier alpha value is -2.09. The van der Waals surface area contributed by atoms with Gasteiger partial charge < -0.3 is 5.32 Å². The summed E-state index contributed by atoms with van der Waals surface area (Å²) in [5.41, 5.74) is 7.27. The SMILES string of the molecule is CC[C@H](NC(=O)Cc1ccc(C)c(C)c1)c1ccc(C)cc1C. The molecule has 0 unspecified atom stereocenters.